The highest BCUT2D eigenvalue weighted by atomic mass is 32.1. The fraction of sp³-hybridized carbons (Fsp3) is 0.692. The molecular formula is C13H21N3OS. The Kier molecular flexibility index (Phi) is 5.13. The Balaban J connectivity index is 1.62. The molecular weight excluding hydrogens is 246 g/mol. The predicted octanol–water partition coefficient (Wildman–Crippen LogP) is 1.64. The average Bonchev–Trinajstić information content (AvgIpc) is 2.76. The van der Waals surface area contributed by atoms with E-state index in [4.69, 9.17) is 0 Å². The normalized spacial score (nSPS) is 16.7. The van der Waals surface area contributed by atoms with E-state index in [0.29, 0.717) is 12.5 Å². The van der Waals surface area contributed by atoms with Gasteiger partial charge in [0.25, 0.3) is 0 Å². The number of aryl methyl sites for hydroxylation is 2. The van der Waals surface area contributed by atoms with E-state index in [2.05, 4.69) is 21.0 Å². The molecule has 2 N–H and O–H groups in total. The fourth-order valence-corrected chi connectivity index (χ4v) is 2.87. The van der Waals surface area contributed by atoms with Crippen LogP contribution in [0.3, 0.4) is 0 Å². The molecule has 0 radical (unpaired) electrons. The Morgan fingerprint density at radius 2 is 2.33 bits per heavy atom. The number of hydrogen-bond acceptors (Lipinski definition) is 4. The third-order valence-corrected chi connectivity index (χ3v) is 4.03. The van der Waals surface area contributed by atoms with E-state index in [1.165, 1.54) is 0 Å². The molecule has 4 nitrogen and oxygen atoms in total. The first-order valence-electron chi connectivity index (χ1n) is 6.65. The minimum Gasteiger partial charge on any atom is -0.353 e. The van der Waals surface area contributed by atoms with Gasteiger partial charge in [-0.3, -0.25) is 4.79 Å². The van der Waals surface area contributed by atoms with E-state index in [1.54, 1.807) is 11.3 Å². The summed E-state index contributed by atoms with van der Waals surface area (Å²) in [4.78, 5) is 16.2. The molecule has 1 aliphatic rings. The number of carbonyl (C=O) groups is 1. The summed E-state index contributed by atoms with van der Waals surface area (Å²) in [5.74, 6) is 0.189. The Bertz CT molecular complexity index is 385. The van der Waals surface area contributed by atoms with Crippen LogP contribution in [0.4, 0.5) is 0 Å². The van der Waals surface area contributed by atoms with Gasteiger partial charge < -0.3 is 10.6 Å². The van der Waals surface area contributed by atoms with Crippen molar-refractivity contribution in [3.8, 4) is 0 Å². The van der Waals surface area contributed by atoms with Gasteiger partial charge in [-0.05, 0) is 45.7 Å². The standard InChI is InChI=1S/C13H21N3OS/c1-10-15-12(9-18-10)3-2-4-13(17)16-11-5-7-14-8-6-11/h9,11,14H,2-8H2,1H3,(H,16,17). The third-order valence-electron chi connectivity index (χ3n) is 3.21. The number of amides is 1. The molecule has 1 aliphatic heterocycles. The van der Waals surface area contributed by atoms with Crippen LogP contribution in [0.15, 0.2) is 5.38 Å². The molecule has 1 aromatic rings. The second-order valence-corrected chi connectivity index (χ2v) is 5.87. The number of thiazole rings is 1. The topological polar surface area (TPSA) is 54.0 Å². The van der Waals surface area contributed by atoms with Crippen molar-refractivity contribution in [1.82, 2.24) is 15.6 Å². The van der Waals surface area contributed by atoms with Gasteiger partial charge in [-0.2, -0.15) is 0 Å². The van der Waals surface area contributed by atoms with Crippen molar-refractivity contribution < 1.29 is 4.79 Å². The molecule has 2 rings (SSSR count). The second-order valence-electron chi connectivity index (χ2n) is 4.80. The fourth-order valence-electron chi connectivity index (χ4n) is 2.22. The van der Waals surface area contributed by atoms with Gasteiger partial charge in [0.05, 0.1) is 10.7 Å². The highest BCUT2D eigenvalue weighted by molar-refractivity contribution is 7.09. The average molecular weight is 267 g/mol. The monoisotopic (exact) mass is 267 g/mol. The number of nitrogens with one attached hydrogen (secondary N) is 2. The Labute approximate surface area is 112 Å². The lowest BCUT2D eigenvalue weighted by Crippen LogP contribution is -2.42. The van der Waals surface area contributed by atoms with Crippen molar-refractivity contribution in [3.63, 3.8) is 0 Å². The summed E-state index contributed by atoms with van der Waals surface area (Å²) in [6, 6.07) is 0.375. The molecule has 0 atom stereocenters. The molecule has 2 heterocycles. The van der Waals surface area contributed by atoms with Crippen LogP contribution in [0.25, 0.3) is 0 Å². The molecule has 0 aromatic carbocycles. The molecule has 0 saturated carbocycles. The summed E-state index contributed by atoms with van der Waals surface area (Å²) in [6.07, 6.45) is 4.51. The zero-order valence-corrected chi connectivity index (χ0v) is 11.7. The number of carbonyl (C=O) groups excluding carboxylic acids is 1. The van der Waals surface area contributed by atoms with Gasteiger partial charge in [-0.1, -0.05) is 0 Å². The quantitative estimate of drug-likeness (QED) is 0.853. The number of piperidine rings is 1. The van der Waals surface area contributed by atoms with Gasteiger partial charge in [0.15, 0.2) is 0 Å². The summed E-state index contributed by atoms with van der Waals surface area (Å²) in [5.41, 5.74) is 1.12. The van der Waals surface area contributed by atoms with Gasteiger partial charge in [0.2, 0.25) is 5.91 Å². The molecule has 5 heteroatoms. The maximum Gasteiger partial charge on any atom is 0.220 e. The Hall–Kier alpha value is -0.940. The third kappa shape index (κ3) is 4.38. The van der Waals surface area contributed by atoms with Crippen molar-refractivity contribution in [2.75, 3.05) is 13.1 Å². The minimum atomic E-state index is 0.189. The van der Waals surface area contributed by atoms with Crippen molar-refractivity contribution in [2.24, 2.45) is 0 Å². The first kappa shape index (κ1) is 13.5. The van der Waals surface area contributed by atoms with Gasteiger partial charge in [-0.25, -0.2) is 4.98 Å². The maximum absolute atomic E-state index is 11.8. The van der Waals surface area contributed by atoms with Gasteiger partial charge in [0.1, 0.15) is 0 Å². The number of rotatable bonds is 5. The van der Waals surface area contributed by atoms with Crippen LogP contribution in [-0.2, 0) is 11.2 Å². The molecule has 1 fully saturated rings. The first-order valence-corrected chi connectivity index (χ1v) is 7.53. The van der Waals surface area contributed by atoms with Gasteiger partial charge in [0, 0.05) is 17.8 Å². The lowest BCUT2D eigenvalue weighted by Gasteiger charge is -2.23. The number of nitrogens with zero attached hydrogens (tertiary/aromatic N) is 1. The molecule has 1 aromatic heterocycles. The van der Waals surface area contributed by atoms with E-state index >= 15 is 0 Å². The first-order chi connectivity index (χ1) is 8.74. The molecule has 0 spiro atoms. The highest BCUT2D eigenvalue weighted by Gasteiger charge is 2.14. The lowest BCUT2D eigenvalue weighted by molar-refractivity contribution is -0.122. The smallest absolute Gasteiger partial charge is 0.220 e. The number of hydrogen-bond donors (Lipinski definition) is 2. The van der Waals surface area contributed by atoms with Crippen LogP contribution in [0.5, 0.6) is 0 Å². The summed E-state index contributed by atoms with van der Waals surface area (Å²) in [5, 5.41) is 9.59. The number of aromatic nitrogens is 1. The van der Waals surface area contributed by atoms with Crippen molar-refractivity contribution in [1.29, 1.82) is 0 Å². The minimum absolute atomic E-state index is 0.189. The maximum atomic E-state index is 11.8. The molecule has 1 amide bonds. The van der Waals surface area contributed by atoms with Crippen molar-refractivity contribution in [2.45, 2.75) is 45.1 Å². The van der Waals surface area contributed by atoms with E-state index in [1.807, 2.05) is 6.92 Å². The summed E-state index contributed by atoms with van der Waals surface area (Å²) >= 11 is 1.67. The van der Waals surface area contributed by atoms with Crippen LogP contribution in [-0.4, -0.2) is 30.0 Å². The van der Waals surface area contributed by atoms with E-state index < -0.39 is 0 Å². The van der Waals surface area contributed by atoms with Gasteiger partial charge in [-0.15, -0.1) is 11.3 Å². The van der Waals surface area contributed by atoms with Crippen LogP contribution in [0, 0.1) is 6.92 Å². The summed E-state index contributed by atoms with van der Waals surface area (Å²) in [7, 11) is 0. The summed E-state index contributed by atoms with van der Waals surface area (Å²) < 4.78 is 0. The summed E-state index contributed by atoms with van der Waals surface area (Å²) in [6.45, 7) is 4.05. The largest absolute Gasteiger partial charge is 0.353 e. The van der Waals surface area contributed by atoms with E-state index in [0.717, 1.165) is 49.5 Å². The van der Waals surface area contributed by atoms with Crippen molar-refractivity contribution >= 4 is 17.2 Å². The predicted molar refractivity (Wildman–Crippen MR) is 73.8 cm³/mol. The second kappa shape index (κ2) is 6.85. The van der Waals surface area contributed by atoms with Crippen LogP contribution >= 0.6 is 11.3 Å². The SMILES string of the molecule is Cc1nc(CCCC(=O)NC2CCNCC2)cs1. The molecule has 1 saturated heterocycles. The zero-order chi connectivity index (χ0) is 12.8. The molecule has 100 valence electrons. The Morgan fingerprint density at radius 1 is 1.56 bits per heavy atom. The lowest BCUT2D eigenvalue weighted by atomic mass is 10.1. The molecule has 0 bridgehead atoms. The highest BCUT2D eigenvalue weighted by Crippen LogP contribution is 2.11. The molecule has 0 unspecified atom stereocenters. The van der Waals surface area contributed by atoms with Crippen molar-refractivity contribution in [3.05, 3.63) is 16.1 Å². The zero-order valence-electron chi connectivity index (χ0n) is 10.9. The van der Waals surface area contributed by atoms with E-state index in [9.17, 15) is 4.79 Å². The van der Waals surface area contributed by atoms with Crippen LogP contribution < -0.4 is 10.6 Å². The van der Waals surface area contributed by atoms with Crippen LogP contribution in [0.2, 0.25) is 0 Å². The molecule has 18 heavy (non-hydrogen) atoms. The molecule has 0 aliphatic carbocycles. The van der Waals surface area contributed by atoms with Gasteiger partial charge >= 0.3 is 0 Å². The Morgan fingerprint density at radius 3 is 3.00 bits per heavy atom. The van der Waals surface area contributed by atoms with Crippen LogP contribution in [0.1, 0.15) is 36.4 Å². The van der Waals surface area contributed by atoms with E-state index in [-0.39, 0.29) is 5.91 Å².